The van der Waals surface area contributed by atoms with Gasteiger partial charge in [0, 0.05) is 4.91 Å². The maximum atomic E-state index is 11.4. The van der Waals surface area contributed by atoms with Crippen LogP contribution in [-0.4, -0.2) is 13.1 Å². The highest BCUT2D eigenvalue weighted by atomic mass is 35.5. The molecule has 1 aromatic carbocycles. The number of carbonyl (C=O) groups excluding carboxylic acids is 1. The van der Waals surface area contributed by atoms with E-state index in [9.17, 15) is 4.79 Å². The number of benzene rings is 1. The van der Waals surface area contributed by atoms with Crippen LogP contribution < -0.4 is 0 Å². The smallest absolute Gasteiger partial charge is 0.339 e. The lowest BCUT2D eigenvalue weighted by molar-refractivity contribution is 0.0599. The Morgan fingerprint density at radius 3 is 3.00 bits per heavy atom. The van der Waals surface area contributed by atoms with Gasteiger partial charge in [-0.3, -0.25) is 0 Å². The minimum atomic E-state index is -0.538. The largest absolute Gasteiger partial charge is 0.465 e. The number of carbonyl (C=O) groups is 1. The Kier molecular flexibility index (Phi) is 3.97. The predicted molar refractivity (Wildman–Crippen MR) is 55.6 cm³/mol. The van der Waals surface area contributed by atoms with E-state index in [1.165, 1.54) is 7.11 Å². The zero-order chi connectivity index (χ0) is 11.3. The Balaban J connectivity index is 3.19. The third-order valence-electron chi connectivity index (χ3n) is 1.79. The van der Waals surface area contributed by atoms with Gasteiger partial charge >= 0.3 is 5.97 Å². The Morgan fingerprint density at radius 1 is 1.67 bits per heavy atom. The fourth-order valence-electron chi connectivity index (χ4n) is 1.14. The second-order valence-corrected chi connectivity index (χ2v) is 3.06. The standard InChI is InChI=1S/C9H8ClN3O2/c1-15-9(14)8-6(5-12-13-11)3-2-4-7(8)10/h2-4H,5H2,1H3. The summed E-state index contributed by atoms with van der Waals surface area (Å²) >= 11 is 5.85. The maximum Gasteiger partial charge on any atom is 0.339 e. The molecule has 0 atom stereocenters. The summed E-state index contributed by atoms with van der Waals surface area (Å²) in [6, 6.07) is 4.91. The number of esters is 1. The summed E-state index contributed by atoms with van der Waals surface area (Å²) in [5.41, 5.74) is 8.99. The van der Waals surface area contributed by atoms with Crippen LogP contribution in [0.4, 0.5) is 0 Å². The number of ether oxygens (including phenoxy) is 1. The molecule has 15 heavy (non-hydrogen) atoms. The quantitative estimate of drug-likeness (QED) is 0.343. The normalized spacial score (nSPS) is 9.20. The van der Waals surface area contributed by atoms with Crippen molar-refractivity contribution in [2.24, 2.45) is 5.11 Å². The second-order valence-electron chi connectivity index (χ2n) is 2.65. The molecule has 78 valence electrons. The van der Waals surface area contributed by atoms with Gasteiger partial charge in [-0.2, -0.15) is 0 Å². The molecular weight excluding hydrogens is 218 g/mol. The van der Waals surface area contributed by atoms with Crippen molar-refractivity contribution in [3.05, 3.63) is 44.8 Å². The van der Waals surface area contributed by atoms with Crippen LogP contribution in [0.1, 0.15) is 15.9 Å². The van der Waals surface area contributed by atoms with Crippen LogP contribution in [0.25, 0.3) is 10.4 Å². The van der Waals surface area contributed by atoms with E-state index in [0.29, 0.717) is 5.56 Å². The van der Waals surface area contributed by atoms with Crippen molar-refractivity contribution in [2.75, 3.05) is 7.11 Å². The minimum absolute atomic E-state index is 0.0709. The molecule has 0 saturated carbocycles. The number of halogens is 1. The monoisotopic (exact) mass is 225 g/mol. The molecule has 0 aliphatic rings. The van der Waals surface area contributed by atoms with Gasteiger partial charge in [-0.25, -0.2) is 4.79 Å². The first-order chi connectivity index (χ1) is 7.20. The summed E-state index contributed by atoms with van der Waals surface area (Å²) < 4.78 is 4.58. The first-order valence-electron chi connectivity index (χ1n) is 4.07. The molecule has 0 aromatic heterocycles. The molecule has 1 aromatic rings. The lowest BCUT2D eigenvalue weighted by Crippen LogP contribution is -2.06. The van der Waals surface area contributed by atoms with Crippen molar-refractivity contribution in [2.45, 2.75) is 6.54 Å². The Morgan fingerprint density at radius 2 is 2.40 bits per heavy atom. The molecular formula is C9H8ClN3O2. The molecule has 0 unspecified atom stereocenters. The van der Waals surface area contributed by atoms with Crippen LogP contribution in [0.15, 0.2) is 23.3 Å². The highest BCUT2D eigenvalue weighted by molar-refractivity contribution is 6.33. The van der Waals surface area contributed by atoms with Gasteiger partial charge in [0.1, 0.15) is 0 Å². The average Bonchev–Trinajstić information content (AvgIpc) is 2.25. The Labute approximate surface area is 91.2 Å². The van der Waals surface area contributed by atoms with E-state index in [4.69, 9.17) is 17.1 Å². The third-order valence-corrected chi connectivity index (χ3v) is 2.11. The van der Waals surface area contributed by atoms with Crippen LogP contribution in [0.5, 0.6) is 0 Å². The van der Waals surface area contributed by atoms with E-state index in [1.54, 1.807) is 18.2 Å². The molecule has 0 aliphatic heterocycles. The molecule has 0 spiro atoms. The van der Waals surface area contributed by atoms with Crippen LogP contribution in [0.2, 0.25) is 5.02 Å². The predicted octanol–water partition coefficient (Wildman–Crippen LogP) is 2.94. The zero-order valence-electron chi connectivity index (χ0n) is 7.98. The maximum absolute atomic E-state index is 11.4. The lowest BCUT2D eigenvalue weighted by atomic mass is 10.1. The van der Waals surface area contributed by atoms with Crippen LogP contribution in [0, 0.1) is 0 Å². The SMILES string of the molecule is COC(=O)c1c(Cl)cccc1CN=[N+]=[N-]. The molecule has 5 nitrogen and oxygen atoms in total. The number of rotatable bonds is 3. The zero-order valence-corrected chi connectivity index (χ0v) is 8.73. The van der Waals surface area contributed by atoms with Crippen LogP contribution >= 0.6 is 11.6 Å². The van der Waals surface area contributed by atoms with Gasteiger partial charge in [0.15, 0.2) is 0 Å². The van der Waals surface area contributed by atoms with Gasteiger partial charge in [-0.1, -0.05) is 28.8 Å². The van der Waals surface area contributed by atoms with Crippen molar-refractivity contribution >= 4 is 17.6 Å². The molecule has 0 aliphatic carbocycles. The van der Waals surface area contributed by atoms with Gasteiger partial charge in [-0.05, 0) is 17.2 Å². The molecule has 0 radical (unpaired) electrons. The fourth-order valence-corrected chi connectivity index (χ4v) is 1.41. The molecule has 6 heteroatoms. The second kappa shape index (κ2) is 5.24. The van der Waals surface area contributed by atoms with Gasteiger partial charge in [0.25, 0.3) is 0 Å². The molecule has 0 heterocycles. The molecule has 0 saturated heterocycles. The number of azide groups is 1. The van der Waals surface area contributed by atoms with E-state index in [2.05, 4.69) is 14.8 Å². The van der Waals surface area contributed by atoms with Crippen molar-refractivity contribution < 1.29 is 9.53 Å². The van der Waals surface area contributed by atoms with Crippen LogP contribution in [0.3, 0.4) is 0 Å². The third kappa shape index (κ3) is 2.62. The van der Waals surface area contributed by atoms with Crippen molar-refractivity contribution in [3.8, 4) is 0 Å². The molecule has 0 amide bonds. The summed E-state index contributed by atoms with van der Waals surface area (Å²) in [4.78, 5) is 14.0. The van der Waals surface area contributed by atoms with Gasteiger partial charge < -0.3 is 4.74 Å². The Hall–Kier alpha value is -1.71. The molecule has 0 fully saturated rings. The molecule has 0 bridgehead atoms. The topological polar surface area (TPSA) is 75.1 Å². The fraction of sp³-hybridized carbons (Fsp3) is 0.222. The summed E-state index contributed by atoms with van der Waals surface area (Å²) in [6.07, 6.45) is 0. The van der Waals surface area contributed by atoms with Gasteiger partial charge in [0.2, 0.25) is 0 Å². The van der Waals surface area contributed by atoms with Crippen molar-refractivity contribution in [1.29, 1.82) is 0 Å². The van der Waals surface area contributed by atoms with Gasteiger partial charge in [-0.15, -0.1) is 0 Å². The summed E-state index contributed by atoms with van der Waals surface area (Å²) in [6.45, 7) is 0.0709. The summed E-state index contributed by atoms with van der Waals surface area (Å²) in [7, 11) is 1.27. The summed E-state index contributed by atoms with van der Waals surface area (Å²) in [5.74, 6) is -0.538. The van der Waals surface area contributed by atoms with Crippen molar-refractivity contribution in [1.82, 2.24) is 0 Å². The van der Waals surface area contributed by atoms with E-state index >= 15 is 0 Å². The lowest BCUT2D eigenvalue weighted by Gasteiger charge is -2.06. The highest BCUT2D eigenvalue weighted by Gasteiger charge is 2.14. The number of hydrogen-bond acceptors (Lipinski definition) is 3. The Bertz CT molecular complexity index is 427. The highest BCUT2D eigenvalue weighted by Crippen LogP contribution is 2.21. The first-order valence-corrected chi connectivity index (χ1v) is 4.45. The van der Waals surface area contributed by atoms with Crippen LogP contribution in [-0.2, 0) is 11.3 Å². The molecule has 0 N–H and O–H groups in total. The minimum Gasteiger partial charge on any atom is -0.465 e. The van der Waals surface area contributed by atoms with E-state index in [0.717, 1.165) is 0 Å². The number of methoxy groups -OCH3 is 1. The van der Waals surface area contributed by atoms with Crippen molar-refractivity contribution in [3.63, 3.8) is 0 Å². The number of hydrogen-bond donors (Lipinski definition) is 0. The van der Waals surface area contributed by atoms with Gasteiger partial charge in [0.05, 0.1) is 24.2 Å². The average molecular weight is 226 g/mol. The first kappa shape index (κ1) is 11.4. The molecule has 1 rings (SSSR count). The van der Waals surface area contributed by atoms with E-state index in [-0.39, 0.29) is 17.1 Å². The summed E-state index contributed by atoms with van der Waals surface area (Å²) in [5, 5.41) is 3.66. The number of nitrogens with zero attached hydrogens (tertiary/aromatic N) is 3. The van der Waals surface area contributed by atoms with E-state index < -0.39 is 5.97 Å². The van der Waals surface area contributed by atoms with E-state index in [1.807, 2.05) is 0 Å².